The maximum absolute atomic E-state index is 13.7. The zero-order chi connectivity index (χ0) is 41.4. The fourth-order valence-electron chi connectivity index (χ4n) is 3.19. The van der Waals surface area contributed by atoms with Crippen LogP contribution in [0.4, 0.5) is 5.69 Å². The normalized spacial score (nSPS) is 38.9. The molecule has 1 unspecified atom stereocenters. The summed E-state index contributed by atoms with van der Waals surface area (Å²) in [5, 5.41) is 3.91. The first-order valence-electron chi connectivity index (χ1n) is 19.9. The van der Waals surface area contributed by atoms with Crippen LogP contribution >= 0.6 is 0 Å². The van der Waals surface area contributed by atoms with Gasteiger partial charge in [-0.3, -0.25) is 24.6 Å². The van der Waals surface area contributed by atoms with Gasteiger partial charge in [-0.15, -0.1) is 0 Å². The highest BCUT2D eigenvalue weighted by atomic mass is 16.5. The molecule has 33 heavy (non-hydrogen) atoms. The molecule has 0 bridgehead atoms. The first kappa shape index (κ1) is 8.21. The van der Waals surface area contributed by atoms with Gasteiger partial charge >= 0.3 is 0 Å². The van der Waals surface area contributed by atoms with Gasteiger partial charge in [-0.2, -0.15) is 0 Å². The summed E-state index contributed by atoms with van der Waals surface area (Å²) in [6.45, 7) is -26.9. The van der Waals surface area contributed by atoms with Crippen LogP contribution < -0.4 is 10.6 Å². The summed E-state index contributed by atoms with van der Waals surface area (Å²) in [7, 11) is 0. The Labute approximate surface area is 222 Å². The van der Waals surface area contributed by atoms with E-state index in [0.717, 1.165) is 0 Å². The molecule has 3 aliphatic heterocycles. The minimum Gasteiger partial charge on any atom is -0.381 e. The van der Waals surface area contributed by atoms with Crippen molar-refractivity contribution in [3.05, 3.63) is 64.6 Å². The number of piperidine rings is 1. The first-order valence-corrected chi connectivity index (χ1v) is 9.45. The highest BCUT2D eigenvalue weighted by Gasteiger charge is 2.39. The molecule has 3 amide bonds. The number of ether oxygens (including phenoxy) is 1. The minimum atomic E-state index is -4.14. The minimum absolute atomic E-state index is 0.320. The van der Waals surface area contributed by atoms with Crippen molar-refractivity contribution >= 4 is 23.4 Å². The molecule has 0 spiro atoms. The number of anilines is 1. The molecule has 0 saturated carbocycles. The molecule has 172 valence electrons. The topological polar surface area (TPSA) is 91.0 Å². The fourth-order valence-corrected chi connectivity index (χ4v) is 3.19. The van der Waals surface area contributed by atoms with Crippen LogP contribution in [-0.4, -0.2) is 59.7 Å². The van der Waals surface area contributed by atoms with Crippen molar-refractivity contribution in [3.8, 4) is 0 Å². The molecule has 0 aliphatic carbocycles. The van der Waals surface area contributed by atoms with Gasteiger partial charge in [0, 0.05) is 63.9 Å². The van der Waals surface area contributed by atoms with Crippen LogP contribution in [0.25, 0.3) is 0 Å². The lowest BCUT2D eigenvalue weighted by Crippen LogP contribution is -2.52. The monoisotopic (exact) mass is 469 g/mol. The summed E-state index contributed by atoms with van der Waals surface area (Å²) >= 11 is 0. The van der Waals surface area contributed by atoms with E-state index in [4.69, 9.17) is 28.8 Å². The quantitative estimate of drug-likeness (QED) is 0.628. The smallest absolute Gasteiger partial charge is 0.255 e. The number of morpholine rings is 1. The number of hydrogen-bond donors (Lipinski definition) is 2. The number of benzene rings is 2. The van der Waals surface area contributed by atoms with Crippen LogP contribution in [0.5, 0.6) is 0 Å². The number of carbonyl (C=O) groups is 3. The van der Waals surface area contributed by atoms with Crippen molar-refractivity contribution in [2.75, 3.05) is 31.4 Å². The lowest BCUT2D eigenvalue weighted by molar-refractivity contribution is -0.136. The molecule has 2 saturated heterocycles. The summed E-state index contributed by atoms with van der Waals surface area (Å²) < 4.78 is 182. The average molecular weight is 470 g/mol. The lowest BCUT2D eigenvalue weighted by atomic mass is 10.0. The van der Waals surface area contributed by atoms with E-state index in [0.29, 0.717) is 4.90 Å². The number of nitrogens with zero attached hydrogens (tertiary/aromatic N) is 2. The van der Waals surface area contributed by atoms with E-state index >= 15 is 0 Å². The van der Waals surface area contributed by atoms with Crippen LogP contribution in [0, 0.1) is 0 Å². The maximum Gasteiger partial charge on any atom is 0.255 e. The van der Waals surface area contributed by atoms with Crippen molar-refractivity contribution in [1.82, 2.24) is 15.1 Å². The average Bonchev–Trinajstić information content (AvgIpc) is 3.21. The number of amides is 3. The van der Waals surface area contributed by atoms with Crippen LogP contribution in [0.15, 0.2) is 42.3 Å². The van der Waals surface area contributed by atoms with Crippen LogP contribution in [-0.2, 0) is 33.8 Å². The molecule has 2 aromatic rings. The number of rotatable bonds is 6. The molecule has 2 aromatic carbocycles. The Bertz CT molecular complexity index is 2000. The summed E-state index contributed by atoms with van der Waals surface area (Å²) in [6.07, 6.45) is -0.753. The Morgan fingerprint density at radius 2 is 1.91 bits per heavy atom. The molecule has 5 rings (SSSR count). The van der Waals surface area contributed by atoms with E-state index in [9.17, 15) is 14.4 Å². The van der Waals surface area contributed by atoms with Gasteiger partial charge < -0.3 is 15.0 Å². The molecule has 0 aromatic heterocycles. The Morgan fingerprint density at radius 3 is 2.70 bits per heavy atom. The highest BCUT2D eigenvalue weighted by molar-refractivity contribution is 6.06. The molecule has 0 radical (unpaired) electrons. The lowest BCUT2D eigenvalue weighted by Gasteiger charge is -2.29. The van der Waals surface area contributed by atoms with Crippen molar-refractivity contribution in [1.29, 1.82) is 0 Å². The van der Waals surface area contributed by atoms with Gasteiger partial charge in [0.15, 0.2) is 0 Å². The number of carbonyl (C=O) groups excluding carboxylic acids is 3. The largest absolute Gasteiger partial charge is 0.381 e. The van der Waals surface area contributed by atoms with E-state index in [-0.39, 0.29) is 6.42 Å². The van der Waals surface area contributed by atoms with Gasteiger partial charge in [0.2, 0.25) is 11.8 Å². The number of nitrogens with one attached hydrogen (secondary N) is 2. The summed E-state index contributed by atoms with van der Waals surface area (Å²) in [6, 6.07) is -10.5. The van der Waals surface area contributed by atoms with Crippen molar-refractivity contribution < 1.29 is 47.9 Å². The number of fused-ring (bicyclic) bond motifs is 1. The number of hydrogen-bond acceptors (Lipinski definition) is 6. The fraction of sp³-hybridized carbons (Fsp3) is 0.400. The molecule has 3 aliphatic rings. The molecule has 1 atom stereocenters. The Balaban J connectivity index is 1.79. The Kier molecular flexibility index (Phi) is 2.32. The standard InChI is InChI=1S/C25H28N4O4/c30-23-9-8-22(24(31)27-23)29-16-20-19(25(29)32)6-3-7-21(20)26-14-17-4-1-2-5-18(17)15-28-10-12-33-13-11-28/h1-7,22,26H,8-16H2,(H,27,30,31)/i1D,2D,3D,4D,5D,6D,7D,10D2,11D2,12D2,13D2,14D2,15D2,16D2. The van der Waals surface area contributed by atoms with Gasteiger partial charge in [-0.25, -0.2) is 0 Å². The molecule has 8 heteroatoms. The predicted octanol–water partition coefficient (Wildman–Crippen LogP) is 1.89. The van der Waals surface area contributed by atoms with Crippen molar-refractivity contribution in [3.63, 3.8) is 0 Å². The summed E-state index contributed by atoms with van der Waals surface area (Å²) in [4.78, 5) is 37.9. The van der Waals surface area contributed by atoms with E-state index in [1.165, 1.54) is 0 Å². The van der Waals surface area contributed by atoms with E-state index < -0.39 is 151 Å². The van der Waals surface area contributed by atoms with E-state index in [1.54, 1.807) is 0 Å². The van der Waals surface area contributed by atoms with E-state index in [1.807, 2.05) is 10.6 Å². The van der Waals surface area contributed by atoms with Crippen LogP contribution in [0.3, 0.4) is 0 Å². The second-order valence-corrected chi connectivity index (χ2v) is 6.73. The molecular weight excluding hydrogens is 420 g/mol. The van der Waals surface area contributed by atoms with Gasteiger partial charge in [-0.1, -0.05) is 30.2 Å². The summed E-state index contributed by atoms with van der Waals surface area (Å²) in [5.74, 6) is -3.24. The van der Waals surface area contributed by atoms with Gasteiger partial charge in [0.05, 0.1) is 33.7 Å². The van der Waals surface area contributed by atoms with Gasteiger partial charge in [0.1, 0.15) is 6.04 Å². The molecule has 2 N–H and O–H groups in total. The molecule has 3 heterocycles. The SMILES string of the molecule is [2H]c1c([2H])c(NC([2H])([2H])c2c([2H])c([2H])c([2H])c([2H])c2C([2H])([2H])N2C([2H])([2H])C([2H])([2H])OC([2H])([2H])C2([2H])[2H])c2c(c1[2H])C(=O)N(C1CCC(=O)NC1=O)C2([2H])[2H]. The zero-order valence-corrected chi connectivity index (χ0v) is 16.5. The van der Waals surface area contributed by atoms with Crippen LogP contribution in [0.2, 0.25) is 0 Å². The second-order valence-electron chi connectivity index (χ2n) is 6.73. The van der Waals surface area contributed by atoms with Gasteiger partial charge in [0.25, 0.3) is 5.91 Å². The summed E-state index contributed by atoms with van der Waals surface area (Å²) in [5.41, 5.74) is -6.18. The second kappa shape index (κ2) is 9.33. The maximum atomic E-state index is 13.7. The van der Waals surface area contributed by atoms with Crippen molar-refractivity contribution in [2.24, 2.45) is 0 Å². The first-order chi connectivity index (χ1) is 24.2. The molecular formula is C25H28N4O4. The third-order valence-corrected chi connectivity index (χ3v) is 4.70. The Hall–Kier alpha value is -3.23. The van der Waals surface area contributed by atoms with E-state index in [2.05, 4.69) is 4.74 Å². The van der Waals surface area contributed by atoms with Crippen molar-refractivity contribution in [2.45, 2.75) is 38.4 Å². The molecule has 8 nitrogen and oxygen atoms in total. The predicted molar refractivity (Wildman–Crippen MR) is 122 cm³/mol. The third-order valence-electron chi connectivity index (χ3n) is 4.70. The zero-order valence-electron chi connectivity index (χ0n) is 37.5. The highest BCUT2D eigenvalue weighted by Crippen LogP contribution is 2.32. The Morgan fingerprint density at radius 1 is 1.12 bits per heavy atom. The molecule has 2 fully saturated rings. The van der Waals surface area contributed by atoms with Crippen LogP contribution in [0.1, 0.15) is 68.7 Å². The number of imide groups is 1. The van der Waals surface area contributed by atoms with Gasteiger partial charge in [-0.05, 0) is 29.6 Å². The third kappa shape index (κ3) is 4.49.